The highest BCUT2D eigenvalue weighted by atomic mass is 16.4. The van der Waals surface area contributed by atoms with Crippen molar-refractivity contribution in [3.8, 4) is 0 Å². The summed E-state index contributed by atoms with van der Waals surface area (Å²) in [4.78, 5) is 36.1. The molecule has 0 aromatic rings. The molecule has 1 saturated heterocycles. The summed E-state index contributed by atoms with van der Waals surface area (Å²) in [7, 11) is 0. The Morgan fingerprint density at radius 1 is 1.30 bits per heavy atom. The Labute approximate surface area is 117 Å². The maximum Gasteiger partial charge on any atom is 0.326 e. The minimum Gasteiger partial charge on any atom is -0.480 e. The van der Waals surface area contributed by atoms with Crippen molar-refractivity contribution in [2.24, 2.45) is 11.7 Å². The molecule has 1 aliphatic carbocycles. The molecule has 0 radical (unpaired) electrons. The Morgan fingerprint density at radius 3 is 2.55 bits per heavy atom. The number of carbonyl (C=O) groups is 3. The van der Waals surface area contributed by atoms with E-state index in [1.165, 1.54) is 11.8 Å². The van der Waals surface area contributed by atoms with Gasteiger partial charge in [-0.15, -0.1) is 0 Å². The first-order valence-electron chi connectivity index (χ1n) is 7.02. The monoisotopic (exact) mass is 283 g/mol. The summed E-state index contributed by atoms with van der Waals surface area (Å²) in [5.41, 5.74) is 5.12. The van der Waals surface area contributed by atoms with Crippen LogP contribution < -0.4 is 11.1 Å². The highest BCUT2D eigenvalue weighted by molar-refractivity contribution is 5.88. The second kappa shape index (κ2) is 5.68. The minimum atomic E-state index is -0.985. The Bertz CT molecular complexity index is 426. The van der Waals surface area contributed by atoms with Crippen LogP contribution in [0.25, 0.3) is 0 Å². The molecule has 0 spiro atoms. The number of carbonyl (C=O) groups excluding carboxylic acids is 2. The van der Waals surface area contributed by atoms with Crippen LogP contribution in [0.4, 0.5) is 4.79 Å². The molecule has 2 aliphatic rings. The molecule has 1 saturated carbocycles. The lowest BCUT2D eigenvalue weighted by Gasteiger charge is -2.33. The summed E-state index contributed by atoms with van der Waals surface area (Å²) in [5.74, 6) is -1.37. The lowest BCUT2D eigenvalue weighted by atomic mass is 9.85. The molecule has 4 atom stereocenters. The first-order chi connectivity index (χ1) is 9.41. The van der Waals surface area contributed by atoms with Crippen LogP contribution >= 0.6 is 0 Å². The summed E-state index contributed by atoms with van der Waals surface area (Å²) < 4.78 is 0. The Hall–Kier alpha value is -1.79. The molecule has 0 aromatic carbocycles. The van der Waals surface area contributed by atoms with Gasteiger partial charge in [0.2, 0.25) is 5.91 Å². The number of fused-ring (bicyclic) bond motifs is 1. The number of primary amides is 1. The minimum absolute atomic E-state index is 0.0371. The van der Waals surface area contributed by atoms with Crippen molar-refractivity contribution in [1.82, 2.24) is 10.2 Å². The van der Waals surface area contributed by atoms with Crippen molar-refractivity contribution in [2.75, 3.05) is 0 Å². The number of carboxylic acid groups (broad SMARTS) is 1. The van der Waals surface area contributed by atoms with Crippen LogP contribution in [0.15, 0.2) is 0 Å². The fraction of sp³-hybridized carbons (Fsp3) is 0.769. The average Bonchev–Trinajstić information content (AvgIpc) is 2.77. The number of nitrogens with zero attached hydrogens (tertiary/aromatic N) is 1. The van der Waals surface area contributed by atoms with Crippen LogP contribution in [0.5, 0.6) is 0 Å². The van der Waals surface area contributed by atoms with Gasteiger partial charge in [0, 0.05) is 6.04 Å². The van der Waals surface area contributed by atoms with Crippen LogP contribution in [-0.2, 0) is 9.59 Å². The van der Waals surface area contributed by atoms with Crippen LogP contribution in [-0.4, -0.2) is 46.0 Å². The second-order valence-electron chi connectivity index (χ2n) is 5.68. The molecule has 4 N–H and O–H groups in total. The third kappa shape index (κ3) is 2.71. The van der Waals surface area contributed by atoms with Crippen molar-refractivity contribution in [1.29, 1.82) is 0 Å². The number of aliphatic carboxylic acids is 1. The van der Waals surface area contributed by atoms with E-state index in [0.29, 0.717) is 6.42 Å². The first-order valence-corrected chi connectivity index (χ1v) is 7.02. The van der Waals surface area contributed by atoms with Crippen LogP contribution in [0.1, 0.15) is 39.0 Å². The molecule has 1 heterocycles. The third-order valence-electron chi connectivity index (χ3n) is 4.37. The van der Waals surface area contributed by atoms with E-state index in [9.17, 15) is 19.5 Å². The predicted molar refractivity (Wildman–Crippen MR) is 70.8 cm³/mol. The summed E-state index contributed by atoms with van der Waals surface area (Å²) in [6.07, 6.45) is 4.37. The van der Waals surface area contributed by atoms with Gasteiger partial charge in [0.05, 0.1) is 0 Å². The number of rotatable bonds is 3. The van der Waals surface area contributed by atoms with Crippen molar-refractivity contribution in [3.63, 3.8) is 0 Å². The molecule has 7 nitrogen and oxygen atoms in total. The van der Waals surface area contributed by atoms with Crippen molar-refractivity contribution in [2.45, 2.75) is 57.2 Å². The van der Waals surface area contributed by atoms with Gasteiger partial charge in [0.15, 0.2) is 0 Å². The van der Waals surface area contributed by atoms with Gasteiger partial charge >= 0.3 is 12.0 Å². The molecule has 7 heteroatoms. The van der Waals surface area contributed by atoms with Gasteiger partial charge < -0.3 is 21.1 Å². The number of nitrogens with two attached hydrogens (primary N) is 1. The number of hydrogen-bond donors (Lipinski definition) is 3. The normalized spacial score (nSPS) is 30.4. The number of carboxylic acids is 1. The third-order valence-corrected chi connectivity index (χ3v) is 4.37. The molecule has 112 valence electrons. The molecule has 20 heavy (non-hydrogen) atoms. The van der Waals surface area contributed by atoms with Crippen LogP contribution in [0, 0.1) is 5.92 Å². The first kappa shape index (κ1) is 14.6. The average molecular weight is 283 g/mol. The van der Waals surface area contributed by atoms with E-state index in [4.69, 9.17) is 5.73 Å². The topological polar surface area (TPSA) is 113 Å². The zero-order valence-electron chi connectivity index (χ0n) is 11.5. The SMILES string of the molecule is CC(NC(=O)N1C(C(=O)O)CC2CCCCC21)C(N)=O. The smallest absolute Gasteiger partial charge is 0.326 e. The number of amides is 3. The van der Waals surface area contributed by atoms with Gasteiger partial charge in [-0.1, -0.05) is 12.8 Å². The standard InChI is InChI=1S/C13H21N3O4/c1-7(11(14)17)15-13(20)16-9-5-3-2-4-8(9)6-10(16)12(18)19/h7-10H,2-6H2,1H3,(H2,14,17)(H,15,20)(H,18,19). The largest absolute Gasteiger partial charge is 0.480 e. The van der Waals surface area contributed by atoms with Gasteiger partial charge in [0.25, 0.3) is 0 Å². The fourth-order valence-electron chi connectivity index (χ4n) is 3.30. The van der Waals surface area contributed by atoms with Gasteiger partial charge in [-0.05, 0) is 32.1 Å². The molecule has 0 bridgehead atoms. The Morgan fingerprint density at radius 2 is 1.95 bits per heavy atom. The number of nitrogens with one attached hydrogen (secondary N) is 1. The van der Waals surface area contributed by atoms with E-state index in [-0.39, 0.29) is 12.0 Å². The fourth-order valence-corrected chi connectivity index (χ4v) is 3.30. The lowest BCUT2D eigenvalue weighted by Crippen LogP contribution is -2.54. The summed E-state index contributed by atoms with van der Waals surface area (Å²) >= 11 is 0. The van der Waals surface area contributed by atoms with Crippen molar-refractivity contribution in [3.05, 3.63) is 0 Å². The molecular formula is C13H21N3O4. The van der Waals surface area contributed by atoms with E-state index in [1.54, 1.807) is 0 Å². The van der Waals surface area contributed by atoms with Gasteiger partial charge in [-0.3, -0.25) is 4.79 Å². The summed E-state index contributed by atoms with van der Waals surface area (Å²) in [6.45, 7) is 1.49. The number of urea groups is 1. The van der Waals surface area contributed by atoms with Crippen LogP contribution in [0.2, 0.25) is 0 Å². The molecular weight excluding hydrogens is 262 g/mol. The number of likely N-dealkylation sites (tertiary alicyclic amines) is 1. The van der Waals surface area contributed by atoms with E-state index in [2.05, 4.69) is 5.32 Å². The quantitative estimate of drug-likeness (QED) is 0.690. The van der Waals surface area contributed by atoms with Gasteiger partial charge in [-0.25, -0.2) is 9.59 Å². The van der Waals surface area contributed by atoms with Crippen molar-refractivity contribution >= 4 is 17.9 Å². The maximum atomic E-state index is 12.3. The molecule has 4 unspecified atom stereocenters. The van der Waals surface area contributed by atoms with Gasteiger partial charge in [-0.2, -0.15) is 0 Å². The molecule has 3 amide bonds. The van der Waals surface area contributed by atoms with Crippen LogP contribution in [0.3, 0.4) is 0 Å². The molecule has 0 aromatic heterocycles. The summed E-state index contributed by atoms with van der Waals surface area (Å²) in [6, 6.07) is -2.15. The molecule has 2 rings (SSSR count). The highest BCUT2D eigenvalue weighted by Gasteiger charge is 2.47. The predicted octanol–water partition coefficient (Wildman–Crippen LogP) is 0.287. The lowest BCUT2D eigenvalue weighted by molar-refractivity contribution is -0.141. The van der Waals surface area contributed by atoms with E-state index in [0.717, 1.165) is 25.7 Å². The van der Waals surface area contributed by atoms with E-state index >= 15 is 0 Å². The Balaban J connectivity index is 2.14. The van der Waals surface area contributed by atoms with E-state index in [1.807, 2.05) is 0 Å². The zero-order valence-corrected chi connectivity index (χ0v) is 11.5. The summed E-state index contributed by atoms with van der Waals surface area (Å²) in [5, 5.41) is 11.8. The van der Waals surface area contributed by atoms with Gasteiger partial charge in [0.1, 0.15) is 12.1 Å². The zero-order chi connectivity index (χ0) is 14.9. The van der Waals surface area contributed by atoms with Crippen molar-refractivity contribution < 1.29 is 19.5 Å². The highest BCUT2D eigenvalue weighted by Crippen LogP contribution is 2.39. The number of hydrogen-bond acceptors (Lipinski definition) is 3. The maximum absolute atomic E-state index is 12.3. The molecule has 2 fully saturated rings. The second-order valence-corrected chi connectivity index (χ2v) is 5.68. The molecule has 1 aliphatic heterocycles. The Kier molecular flexibility index (Phi) is 4.15. The van der Waals surface area contributed by atoms with E-state index < -0.39 is 30.0 Å².